The fourth-order valence-corrected chi connectivity index (χ4v) is 3.22. The highest BCUT2D eigenvalue weighted by atomic mass is 28.3. The molecule has 6 heteroatoms. The maximum absolute atomic E-state index is 12.6. The van der Waals surface area contributed by atoms with Crippen molar-refractivity contribution >= 4 is 20.1 Å². The molecule has 0 radical (unpaired) electrons. The van der Waals surface area contributed by atoms with E-state index in [1.54, 1.807) is 4.57 Å². The molecule has 1 heterocycles. The Morgan fingerprint density at radius 2 is 1.65 bits per heavy atom. The van der Waals surface area contributed by atoms with Gasteiger partial charge in [-0.3, -0.25) is 14.2 Å². The summed E-state index contributed by atoms with van der Waals surface area (Å²) in [6.45, 7) is 14.1. The van der Waals surface area contributed by atoms with Crippen LogP contribution in [0, 0.1) is 0 Å². The minimum absolute atomic E-state index is 0.0410. The predicted octanol–water partition coefficient (Wildman–Crippen LogP) is 2.45. The summed E-state index contributed by atoms with van der Waals surface area (Å²) in [6, 6.07) is 5.78. The van der Waals surface area contributed by atoms with Crippen LogP contribution in [-0.4, -0.2) is 18.3 Å². The van der Waals surface area contributed by atoms with Crippen molar-refractivity contribution in [2.24, 2.45) is 0 Å². The van der Waals surface area contributed by atoms with Crippen molar-refractivity contribution in [3.63, 3.8) is 0 Å². The minimum Gasteiger partial charge on any atom is -0.471 e. The normalized spacial score (nSPS) is 12.4. The van der Waals surface area contributed by atoms with E-state index in [-0.39, 0.29) is 11.5 Å². The highest BCUT2D eigenvalue weighted by Gasteiger charge is 2.20. The molecule has 0 saturated carbocycles. The Bertz CT molecular complexity index is 842. The number of aromatic nitrogens is 2. The van der Waals surface area contributed by atoms with Crippen LogP contribution >= 0.6 is 0 Å². The van der Waals surface area contributed by atoms with E-state index in [1.165, 1.54) is 4.73 Å². The summed E-state index contributed by atoms with van der Waals surface area (Å²) in [5.41, 5.74) is 1.32. The van der Waals surface area contributed by atoms with Gasteiger partial charge in [0.15, 0.2) is 0 Å². The van der Waals surface area contributed by atoms with Crippen LogP contribution in [0.15, 0.2) is 27.8 Å². The molecule has 2 rings (SSSR count). The summed E-state index contributed by atoms with van der Waals surface area (Å²) >= 11 is 0. The van der Waals surface area contributed by atoms with Gasteiger partial charge in [0.1, 0.15) is 5.52 Å². The van der Waals surface area contributed by atoms with Crippen molar-refractivity contribution in [1.82, 2.24) is 9.30 Å². The Kier molecular flexibility index (Phi) is 4.57. The molecule has 0 amide bonds. The number of nitrogens with zero attached hydrogens (tertiary/aromatic N) is 2. The van der Waals surface area contributed by atoms with E-state index in [2.05, 4.69) is 20.8 Å². The van der Waals surface area contributed by atoms with Gasteiger partial charge < -0.3 is 4.53 Å². The van der Waals surface area contributed by atoms with Gasteiger partial charge in [0, 0.05) is 6.04 Å². The lowest BCUT2D eigenvalue weighted by Crippen LogP contribution is -2.46. The first-order chi connectivity index (χ1) is 10.5. The molecule has 0 atom stereocenters. The SMILES string of the molecule is CC(C)n1c(=O)c(=O)n(O[SiH](C)C)c2ccc(C(C)(C)C)cc21. The first-order valence-corrected chi connectivity index (χ1v) is 10.8. The molecule has 5 nitrogen and oxygen atoms in total. The molecule has 1 aromatic heterocycles. The average molecular weight is 334 g/mol. The molecule has 0 spiro atoms. The van der Waals surface area contributed by atoms with Gasteiger partial charge in [0.25, 0.3) is 9.04 Å². The molecule has 126 valence electrons. The van der Waals surface area contributed by atoms with Gasteiger partial charge in [-0.1, -0.05) is 26.8 Å². The topological polar surface area (TPSA) is 53.2 Å². The Labute approximate surface area is 138 Å². The average Bonchev–Trinajstić information content (AvgIpc) is 2.41. The van der Waals surface area contributed by atoms with E-state index in [1.807, 2.05) is 45.1 Å². The van der Waals surface area contributed by atoms with Crippen molar-refractivity contribution in [2.45, 2.75) is 59.2 Å². The summed E-state index contributed by atoms with van der Waals surface area (Å²) in [5, 5.41) is 0. The lowest BCUT2D eigenvalue weighted by molar-refractivity contribution is 0.278. The second kappa shape index (κ2) is 6.00. The zero-order chi connectivity index (χ0) is 17.5. The lowest BCUT2D eigenvalue weighted by Gasteiger charge is -2.23. The van der Waals surface area contributed by atoms with Gasteiger partial charge in [-0.2, -0.15) is 4.73 Å². The highest BCUT2D eigenvalue weighted by Crippen LogP contribution is 2.26. The van der Waals surface area contributed by atoms with Crippen LogP contribution in [-0.2, 0) is 5.41 Å². The Hall–Kier alpha value is -1.82. The molecule has 1 aromatic carbocycles. The van der Waals surface area contributed by atoms with Crippen LogP contribution in [0.1, 0.15) is 46.2 Å². The molecule has 0 aliphatic carbocycles. The maximum atomic E-state index is 12.6. The lowest BCUT2D eigenvalue weighted by atomic mass is 9.87. The molecular weight excluding hydrogens is 308 g/mol. The number of hydrogen-bond acceptors (Lipinski definition) is 3. The Morgan fingerprint density at radius 1 is 1.04 bits per heavy atom. The Morgan fingerprint density at radius 3 is 2.13 bits per heavy atom. The van der Waals surface area contributed by atoms with Gasteiger partial charge in [0.2, 0.25) is 0 Å². The van der Waals surface area contributed by atoms with Crippen molar-refractivity contribution < 1.29 is 4.53 Å². The molecule has 0 aliphatic heterocycles. The van der Waals surface area contributed by atoms with Crippen LogP contribution < -0.4 is 15.6 Å². The zero-order valence-corrected chi connectivity index (χ0v) is 16.2. The number of hydrogen-bond donors (Lipinski definition) is 0. The fourth-order valence-electron chi connectivity index (χ4n) is 2.59. The largest absolute Gasteiger partial charge is 0.471 e. The van der Waals surface area contributed by atoms with Gasteiger partial charge in [-0.15, -0.1) is 0 Å². The van der Waals surface area contributed by atoms with E-state index >= 15 is 0 Å². The summed E-state index contributed by atoms with van der Waals surface area (Å²) < 4.78 is 8.49. The Balaban J connectivity index is 2.96. The molecule has 0 unspecified atom stereocenters. The van der Waals surface area contributed by atoms with Crippen LogP contribution in [0.2, 0.25) is 13.1 Å². The summed E-state index contributed by atoms with van der Waals surface area (Å²) in [4.78, 5) is 25.0. The second-order valence-electron chi connectivity index (χ2n) is 7.48. The minimum atomic E-state index is -1.52. The molecule has 23 heavy (non-hydrogen) atoms. The molecular formula is C17H26N2O3Si. The third-order valence-corrected chi connectivity index (χ3v) is 4.37. The number of rotatable bonds is 3. The van der Waals surface area contributed by atoms with E-state index < -0.39 is 20.2 Å². The van der Waals surface area contributed by atoms with Crippen LogP contribution in [0.3, 0.4) is 0 Å². The maximum Gasteiger partial charge on any atom is 0.348 e. The van der Waals surface area contributed by atoms with Crippen molar-refractivity contribution in [3.8, 4) is 0 Å². The molecule has 0 N–H and O–H groups in total. The van der Waals surface area contributed by atoms with E-state index in [0.717, 1.165) is 11.1 Å². The number of fused-ring (bicyclic) bond motifs is 1. The van der Waals surface area contributed by atoms with Gasteiger partial charge in [-0.05, 0) is 50.1 Å². The number of benzene rings is 1. The smallest absolute Gasteiger partial charge is 0.348 e. The van der Waals surface area contributed by atoms with Gasteiger partial charge in [-0.25, -0.2) is 0 Å². The monoisotopic (exact) mass is 334 g/mol. The van der Waals surface area contributed by atoms with Crippen molar-refractivity contribution in [1.29, 1.82) is 0 Å². The third-order valence-electron chi connectivity index (χ3n) is 3.74. The fraction of sp³-hybridized carbons (Fsp3) is 0.529. The van der Waals surface area contributed by atoms with E-state index in [9.17, 15) is 9.59 Å². The quantitative estimate of drug-likeness (QED) is 0.640. The zero-order valence-electron chi connectivity index (χ0n) is 15.0. The highest BCUT2D eigenvalue weighted by molar-refractivity contribution is 6.48. The van der Waals surface area contributed by atoms with Gasteiger partial charge in [0.05, 0.1) is 5.52 Å². The first kappa shape index (κ1) is 17.5. The van der Waals surface area contributed by atoms with Crippen molar-refractivity contribution in [3.05, 3.63) is 44.5 Å². The van der Waals surface area contributed by atoms with Crippen LogP contribution in [0.25, 0.3) is 11.0 Å². The summed E-state index contributed by atoms with van der Waals surface area (Å²) in [5.74, 6) is 0. The summed E-state index contributed by atoms with van der Waals surface area (Å²) in [6.07, 6.45) is 0. The molecule has 0 saturated heterocycles. The van der Waals surface area contributed by atoms with E-state index in [4.69, 9.17) is 4.53 Å². The van der Waals surface area contributed by atoms with Crippen molar-refractivity contribution in [2.75, 3.05) is 0 Å². The molecule has 0 fully saturated rings. The summed E-state index contributed by atoms with van der Waals surface area (Å²) in [7, 11) is -1.52. The van der Waals surface area contributed by atoms with Gasteiger partial charge >= 0.3 is 11.1 Å². The first-order valence-electron chi connectivity index (χ1n) is 8.03. The van der Waals surface area contributed by atoms with E-state index in [0.29, 0.717) is 5.52 Å². The predicted molar refractivity (Wildman–Crippen MR) is 97.0 cm³/mol. The van der Waals surface area contributed by atoms with Crippen LogP contribution in [0.4, 0.5) is 0 Å². The van der Waals surface area contributed by atoms with Crippen LogP contribution in [0.5, 0.6) is 0 Å². The second-order valence-corrected chi connectivity index (χ2v) is 9.78. The molecule has 2 aromatic rings. The molecule has 0 aliphatic rings. The standard InChI is InChI=1S/C17H26N2O3Si/c1-11(2)18-14-10-12(17(3,4)5)8-9-13(14)19(22-23(6)7)16(21)15(18)20/h8-11,23H,1-7H3. The third kappa shape index (κ3) is 3.27. The molecule has 0 bridgehead atoms.